The predicted molar refractivity (Wildman–Crippen MR) is 78.3 cm³/mol. The van der Waals surface area contributed by atoms with Gasteiger partial charge in [0.1, 0.15) is 11.3 Å². The van der Waals surface area contributed by atoms with Crippen LogP contribution in [0.15, 0.2) is 18.2 Å². The predicted octanol–water partition coefficient (Wildman–Crippen LogP) is 2.77. The van der Waals surface area contributed by atoms with Crippen LogP contribution >= 0.6 is 11.8 Å². The maximum atomic E-state index is 5.98. The Labute approximate surface area is 112 Å². The van der Waals surface area contributed by atoms with E-state index in [4.69, 9.17) is 10.5 Å². The SMILES string of the molecule is COc1cccc2c1nc(N)n2CCCCSC. The van der Waals surface area contributed by atoms with Crippen LogP contribution in [0.1, 0.15) is 12.8 Å². The van der Waals surface area contributed by atoms with Crippen LogP contribution in [0, 0.1) is 0 Å². The fourth-order valence-electron chi connectivity index (χ4n) is 2.06. The van der Waals surface area contributed by atoms with Crippen molar-refractivity contribution in [3.05, 3.63) is 18.2 Å². The summed E-state index contributed by atoms with van der Waals surface area (Å²) in [6.45, 7) is 0.913. The highest BCUT2D eigenvalue weighted by Crippen LogP contribution is 2.27. The molecule has 0 aliphatic rings. The summed E-state index contributed by atoms with van der Waals surface area (Å²) in [4.78, 5) is 4.39. The van der Waals surface area contributed by atoms with Gasteiger partial charge in [0.25, 0.3) is 0 Å². The number of fused-ring (bicyclic) bond motifs is 1. The van der Waals surface area contributed by atoms with E-state index in [2.05, 4.69) is 15.8 Å². The third-order valence-electron chi connectivity index (χ3n) is 2.97. The molecule has 0 unspecified atom stereocenters. The van der Waals surface area contributed by atoms with Gasteiger partial charge in [0.15, 0.2) is 0 Å². The average molecular weight is 265 g/mol. The Morgan fingerprint density at radius 2 is 2.22 bits per heavy atom. The summed E-state index contributed by atoms with van der Waals surface area (Å²) < 4.78 is 7.37. The Kier molecular flexibility index (Phi) is 4.36. The number of hydrogen-bond donors (Lipinski definition) is 1. The van der Waals surface area contributed by atoms with E-state index in [1.165, 1.54) is 12.2 Å². The highest BCUT2D eigenvalue weighted by atomic mass is 32.2. The summed E-state index contributed by atoms with van der Waals surface area (Å²) >= 11 is 1.88. The number of thioether (sulfide) groups is 1. The van der Waals surface area contributed by atoms with Gasteiger partial charge in [0.05, 0.1) is 12.6 Å². The number of nitrogen functional groups attached to an aromatic ring is 1. The van der Waals surface area contributed by atoms with Gasteiger partial charge < -0.3 is 15.0 Å². The zero-order valence-electron chi connectivity index (χ0n) is 10.8. The van der Waals surface area contributed by atoms with Crippen molar-refractivity contribution in [1.82, 2.24) is 9.55 Å². The van der Waals surface area contributed by atoms with E-state index < -0.39 is 0 Å². The van der Waals surface area contributed by atoms with Crippen LogP contribution in [0.25, 0.3) is 11.0 Å². The minimum absolute atomic E-state index is 0.568. The van der Waals surface area contributed by atoms with E-state index in [1.54, 1.807) is 7.11 Å². The lowest BCUT2D eigenvalue weighted by molar-refractivity contribution is 0.419. The number of methoxy groups -OCH3 is 1. The Bertz CT molecular complexity index is 524. The Balaban J connectivity index is 2.24. The molecule has 2 rings (SSSR count). The van der Waals surface area contributed by atoms with Gasteiger partial charge in [-0.15, -0.1) is 0 Å². The summed E-state index contributed by atoms with van der Waals surface area (Å²) in [5.41, 5.74) is 7.88. The first kappa shape index (κ1) is 13.1. The molecule has 1 heterocycles. The molecule has 0 fully saturated rings. The van der Waals surface area contributed by atoms with Crippen molar-refractivity contribution in [1.29, 1.82) is 0 Å². The van der Waals surface area contributed by atoms with E-state index in [0.717, 1.165) is 29.7 Å². The second-order valence-corrected chi connectivity index (χ2v) is 5.14. The second kappa shape index (κ2) is 6.00. The third-order valence-corrected chi connectivity index (χ3v) is 3.67. The molecular weight excluding hydrogens is 246 g/mol. The molecule has 1 aromatic carbocycles. The minimum Gasteiger partial charge on any atom is -0.494 e. The molecule has 0 atom stereocenters. The van der Waals surface area contributed by atoms with Crippen molar-refractivity contribution in [2.75, 3.05) is 24.9 Å². The maximum Gasteiger partial charge on any atom is 0.201 e. The van der Waals surface area contributed by atoms with Gasteiger partial charge in [0, 0.05) is 6.54 Å². The van der Waals surface area contributed by atoms with Crippen LogP contribution < -0.4 is 10.5 Å². The molecule has 0 saturated heterocycles. The van der Waals surface area contributed by atoms with Crippen molar-refractivity contribution in [2.45, 2.75) is 19.4 Å². The summed E-state index contributed by atoms with van der Waals surface area (Å²) in [7, 11) is 1.66. The monoisotopic (exact) mass is 265 g/mol. The van der Waals surface area contributed by atoms with Crippen LogP contribution in [-0.4, -0.2) is 28.7 Å². The number of anilines is 1. The molecule has 2 aromatic rings. The summed E-state index contributed by atoms with van der Waals surface area (Å²) in [5.74, 6) is 2.54. The van der Waals surface area contributed by atoms with Gasteiger partial charge >= 0.3 is 0 Å². The lowest BCUT2D eigenvalue weighted by atomic mass is 10.3. The molecule has 0 amide bonds. The number of unbranched alkanes of at least 4 members (excludes halogenated alkanes) is 1. The summed E-state index contributed by atoms with van der Waals surface area (Å²) in [6, 6.07) is 5.92. The van der Waals surface area contributed by atoms with E-state index in [9.17, 15) is 0 Å². The number of nitrogens with two attached hydrogens (primary N) is 1. The molecular formula is C13H19N3OS. The van der Waals surface area contributed by atoms with E-state index in [-0.39, 0.29) is 0 Å². The summed E-state index contributed by atoms with van der Waals surface area (Å²) in [6.07, 6.45) is 4.45. The number of imidazole rings is 1. The van der Waals surface area contributed by atoms with Gasteiger partial charge in [-0.25, -0.2) is 4.98 Å². The molecule has 98 valence electrons. The van der Waals surface area contributed by atoms with Crippen molar-refractivity contribution in [3.63, 3.8) is 0 Å². The van der Waals surface area contributed by atoms with Gasteiger partial charge in [0.2, 0.25) is 5.95 Å². The number of benzene rings is 1. The van der Waals surface area contributed by atoms with Gasteiger partial charge in [-0.2, -0.15) is 11.8 Å². The minimum atomic E-state index is 0.568. The van der Waals surface area contributed by atoms with E-state index in [0.29, 0.717) is 5.95 Å². The van der Waals surface area contributed by atoms with E-state index >= 15 is 0 Å². The number of para-hydroxylation sites is 1. The van der Waals surface area contributed by atoms with Gasteiger partial charge in [-0.1, -0.05) is 6.07 Å². The second-order valence-electron chi connectivity index (χ2n) is 4.15. The van der Waals surface area contributed by atoms with E-state index in [1.807, 2.05) is 30.0 Å². The van der Waals surface area contributed by atoms with Crippen LogP contribution in [0.3, 0.4) is 0 Å². The van der Waals surface area contributed by atoms with Crippen LogP contribution in [-0.2, 0) is 6.54 Å². The lowest BCUT2D eigenvalue weighted by Crippen LogP contribution is -2.03. The fraction of sp³-hybridized carbons (Fsp3) is 0.462. The maximum absolute atomic E-state index is 5.98. The highest BCUT2D eigenvalue weighted by Gasteiger charge is 2.11. The molecule has 0 spiro atoms. The van der Waals surface area contributed by atoms with Crippen LogP contribution in [0.2, 0.25) is 0 Å². The van der Waals surface area contributed by atoms with Crippen LogP contribution in [0.4, 0.5) is 5.95 Å². The van der Waals surface area contributed by atoms with Gasteiger partial charge in [-0.3, -0.25) is 0 Å². The fourth-order valence-corrected chi connectivity index (χ4v) is 2.55. The molecule has 4 nitrogen and oxygen atoms in total. The van der Waals surface area contributed by atoms with Gasteiger partial charge in [-0.05, 0) is 37.0 Å². The Morgan fingerprint density at radius 3 is 2.94 bits per heavy atom. The molecule has 2 N–H and O–H groups in total. The van der Waals surface area contributed by atoms with Crippen molar-refractivity contribution in [2.24, 2.45) is 0 Å². The topological polar surface area (TPSA) is 53.1 Å². The number of aromatic nitrogens is 2. The van der Waals surface area contributed by atoms with Crippen LogP contribution in [0.5, 0.6) is 5.75 Å². The Hall–Kier alpha value is -1.36. The third kappa shape index (κ3) is 2.56. The quantitative estimate of drug-likeness (QED) is 0.816. The molecule has 0 aliphatic heterocycles. The van der Waals surface area contributed by atoms with Crippen molar-refractivity contribution < 1.29 is 4.74 Å². The summed E-state index contributed by atoms with van der Waals surface area (Å²) in [5, 5.41) is 0. The zero-order chi connectivity index (χ0) is 13.0. The number of ether oxygens (including phenoxy) is 1. The number of rotatable bonds is 6. The molecule has 0 aliphatic carbocycles. The van der Waals surface area contributed by atoms with Crippen molar-refractivity contribution in [3.8, 4) is 5.75 Å². The Morgan fingerprint density at radius 1 is 1.39 bits per heavy atom. The molecule has 5 heteroatoms. The molecule has 0 radical (unpaired) electrons. The highest BCUT2D eigenvalue weighted by molar-refractivity contribution is 7.98. The number of aryl methyl sites for hydroxylation is 1. The normalized spacial score (nSPS) is 11.0. The first-order chi connectivity index (χ1) is 8.77. The molecule has 0 bridgehead atoms. The number of nitrogens with zero attached hydrogens (tertiary/aromatic N) is 2. The van der Waals surface area contributed by atoms with Crippen molar-refractivity contribution >= 4 is 28.7 Å². The average Bonchev–Trinajstić information content (AvgIpc) is 2.70. The molecule has 18 heavy (non-hydrogen) atoms. The number of hydrogen-bond acceptors (Lipinski definition) is 4. The molecule has 0 saturated carbocycles. The zero-order valence-corrected chi connectivity index (χ0v) is 11.7. The lowest BCUT2D eigenvalue weighted by Gasteiger charge is -2.06. The first-order valence-electron chi connectivity index (χ1n) is 6.05. The largest absolute Gasteiger partial charge is 0.494 e. The molecule has 1 aromatic heterocycles. The standard InChI is InChI=1S/C13H19N3OS/c1-17-11-7-5-6-10-12(11)15-13(14)16(10)8-3-4-9-18-2/h5-7H,3-4,8-9H2,1-2H3,(H2,14,15). The smallest absolute Gasteiger partial charge is 0.201 e. The first-order valence-corrected chi connectivity index (χ1v) is 7.45.